The van der Waals surface area contributed by atoms with E-state index in [1.807, 2.05) is 20.0 Å². The van der Waals surface area contributed by atoms with Gasteiger partial charge in [-0.2, -0.15) is 0 Å². The van der Waals surface area contributed by atoms with Crippen LogP contribution in [0.25, 0.3) is 0 Å². The quantitative estimate of drug-likeness (QED) is 0.698. The Morgan fingerprint density at radius 2 is 1.89 bits per heavy atom. The van der Waals surface area contributed by atoms with Crippen LogP contribution in [0.3, 0.4) is 0 Å². The smallest absolute Gasteiger partial charge is 0.0544 e. The summed E-state index contributed by atoms with van der Waals surface area (Å²) in [4.78, 5) is 7.12. The molecule has 0 saturated heterocycles. The summed E-state index contributed by atoms with van der Waals surface area (Å²) in [6.45, 7) is 10.9. The number of hydrogen-bond donors (Lipinski definition) is 2. The Balaban J connectivity index is 0.00000126. The van der Waals surface area contributed by atoms with Gasteiger partial charge in [0.15, 0.2) is 0 Å². The van der Waals surface area contributed by atoms with Crippen molar-refractivity contribution in [1.29, 1.82) is 0 Å². The maximum atomic E-state index is 5.68. The van der Waals surface area contributed by atoms with Gasteiger partial charge < -0.3 is 11.1 Å². The molecule has 0 spiro atoms. The van der Waals surface area contributed by atoms with E-state index in [0.29, 0.717) is 6.04 Å². The molecule has 2 aromatic rings. The largest absolute Gasteiger partial charge is 0.330 e. The monoisotopic (exact) mass is 368 g/mol. The Kier molecular flexibility index (Phi) is 9.46. The number of nitrogens with zero attached hydrogens (tertiary/aromatic N) is 2. The van der Waals surface area contributed by atoms with E-state index in [1.54, 1.807) is 0 Å². The molecule has 0 radical (unpaired) electrons. The summed E-state index contributed by atoms with van der Waals surface area (Å²) >= 11 is 0. The van der Waals surface area contributed by atoms with E-state index in [4.69, 9.17) is 5.73 Å². The van der Waals surface area contributed by atoms with Crippen LogP contribution in [0.15, 0.2) is 42.6 Å². The predicted molar refractivity (Wildman–Crippen MR) is 115 cm³/mol. The molecule has 0 fully saturated rings. The molecule has 1 aliphatic heterocycles. The van der Waals surface area contributed by atoms with E-state index in [9.17, 15) is 0 Å². The molecule has 1 aromatic carbocycles. The van der Waals surface area contributed by atoms with E-state index in [0.717, 1.165) is 57.7 Å². The van der Waals surface area contributed by atoms with Crippen molar-refractivity contribution in [2.45, 2.75) is 59.2 Å². The highest BCUT2D eigenvalue weighted by molar-refractivity contribution is 5.30. The fraction of sp³-hybridized carbons (Fsp3) is 0.522. The van der Waals surface area contributed by atoms with Crippen molar-refractivity contribution in [3.05, 3.63) is 65.0 Å². The average molecular weight is 369 g/mol. The lowest BCUT2D eigenvalue weighted by atomic mass is 9.95. The summed E-state index contributed by atoms with van der Waals surface area (Å²) in [5.74, 6) is 0. The highest BCUT2D eigenvalue weighted by atomic mass is 15.2. The van der Waals surface area contributed by atoms with Gasteiger partial charge in [-0.25, -0.2) is 0 Å². The number of aryl methyl sites for hydroxylation is 1. The van der Waals surface area contributed by atoms with Gasteiger partial charge in [0.25, 0.3) is 0 Å². The molecule has 1 aliphatic rings. The standard InChI is InChI=1S/C21H30N4.C2H6/c1-17-8-9-20(23-13-17)15-25(11-5-4-10-22)16-21-12-18-6-2-3-7-19(18)14-24-21;1-2/h2-3,6-9,13,21,24H,4-5,10-12,14-16,22H2,1H3;1-2H3. The fourth-order valence-corrected chi connectivity index (χ4v) is 3.50. The van der Waals surface area contributed by atoms with Crippen molar-refractivity contribution < 1.29 is 0 Å². The Bertz CT molecular complexity index is 654. The summed E-state index contributed by atoms with van der Waals surface area (Å²) in [6.07, 6.45) is 5.29. The molecule has 27 heavy (non-hydrogen) atoms. The van der Waals surface area contributed by atoms with E-state index in [2.05, 4.69) is 58.5 Å². The van der Waals surface area contributed by atoms with Crippen LogP contribution in [0.2, 0.25) is 0 Å². The molecule has 2 heterocycles. The van der Waals surface area contributed by atoms with Crippen LogP contribution in [0.4, 0.5) is 0 Å². The molecule has 0 saturated carbocycles. The van der Waals surface area contributed by atoms with Crippen LogP contribution in [0.1, 0.15) is 49.1 Å². The van der Waals surface area contributed by atoms with Gasteiger partial charge in [-0.3, -0.25) is 9.88 Å². The first-order valence-corrected chi connectivity index (χ1v) is 10.4. The van der Waals surface area contributed by atoms with E-state index < -0.39 is 0 Å². The molecule has 0 aliphatic carbocycles. The number of hydrogen-bond acceptors (Lipinski definition) is 4. The third-order valence-corrected chi connectivity index (χ3v) is 4.93. The number of unbranched alkanes of at least 4 members (excludes halogenated alkanes) is 1. The Labute approximate surface area is 165 Å². The molecule has 1 aromatic heterocycles. The van der Waals surface area contributed by atoms with Crippen LogP contribution in [-0.4, -0.2) is 35.6 Å². The Morgan fingerprint density at radius 1 is 1.11 bits per heavy atom. The first-order chi connectivity index (χ1) is 13.2. The predicted octanol–water partition coefficient (Wildman–Crippen LogP) is 3.67. The number of benzene rings is 1. The fourth-order valence-electron chi connectivity index (χ4n) is 3.50. The summed E-state index contributed by atoms with van der Waals surface area (Å²) in [5, 5.41) is 3.70. The van der Waals surface area contributed by atoms with Gasteiger partial charge in [0.05, 0.1) is 5.69 Å². The molecule has 3 rings (SSSR count). The molecule has 0 amide bonds. The zero-order valence-corrected chi connectivity index (χ0v) is 17.2. The molecule has 3 N–H and O–H groups in total. The highest BCUT2D eigenvalue weighted by Crippen LogP contribution is 2.17. The van der Waals surface area contributed by atoms with Crippen LogP contribution < -0.4 is 11.1 Å². The number of nitrogens with one attached hydrogen (secondary N) is 1. The van der Waals surface area contributed by atoms with E-state index in [1.165, 1.54) is 16.7 Å². The molecular formula is C23H36N4. The van der Waals surface area contributed by atoms with E-state index >= 15 is 0 Å². The van der Waals surface area contributed by atoms with Gasteiger partial charge >= 0.3 is 0 Å². The maximum Gasteiger partial charge on any atom is 0.0544 e. The van der Waals surface area contributed by atoms with Crippen LogP contribution in [-0.2, 0) is 19.5 Å². The minimum Gasteiger partial charge on any atom is -0.330 e. The second-order valence-electron chi connectivity index (χ2n) is 7.11. The first-order valence-electron chi connectivity index (χ1n) is 10.4. The third-order valence-electron chi connectivity index (χ3n) is 4.93. The number of nitrogens with two attached hydrogens (primary N) is 1. The minimum absolute atomic E-state index is 0.498. The van der Waals surface area contributed by atoms with Gasteiger partial charge in [0.1, 0.15) is 0 Å². The minimum atomic E-state index is 0.498. The summed E-state index contributed by atoms with van der Waals surface area (Å²) in [7, 11) is 0. The molecule has 0 bridgehead atoms. The van der Waals surface area contributed by atoms with Gasteiger partial charge in [-0.15, -0.1) is 0 Å². The zero-order valence-electron chi connectivity index (χ0n) is 17.2. The molecular weight excluding hydrogens is 332 g/mol. The lowest BCUT2D eigenvalue weighted by Gasteiger charge is -2.31. The summed E-state index contributed by atoms with van der Waals surface area (Å²) in [5.41, 5.74) is 11.0. The molecule has 148 valence electrons. The Hall–Kier alpha value is -1.75. The van der Waals surface area contributed by atoms with Crippen molar-refractivity contribution in [2.24, 2.45) is 5.73 Å². The molecule has 4 nitrogen and oxygen atoms in total. The SMILES string of the molecule is CC.Cc1ccc(CN(CCCCN)CC2Cc3ccccc3CN2)nc1. The lowest BCUT2D eigenvalue weighted by molar-refractivity contribution is 0.222. The van der Waals surface area contributed by atoms with Gasteiger partial charge in [-0.1, -0.05) is 44.2 Å². The number of fused-ring (bicyclic) bond motifs is 1. The maximum absolute atomic E-state index is 5.68. The van der Waals surface area contributed by atoms with Crippen molar-refractivity contribution in [2.75, 3.05) is 19.6 Å². The van der Waals surface area contributed by atoms with Crippen LogP contribution in [0.5, 0.6) is 0 Å². The number of aromatic nitrogens is 1. The lowest BCUT2D eigenvalue weighted by Crippen LogP contribution is -2.44. The molecule has 1 unspecified atom stereocenters. The highest BCUT2D eigenvalue weighted by Gasteiger charge is 2.20. The molecule has 4 heteroatoms. The zero-order chi connectivity index (χ0) is 19.5. The Morgan fingerprint density at radius 3 is 2.59 bits per heavy atom. The van der Waals surface area contributed by atoms with Crippen molar-refractivity contribution in [1.82, 2.24) is 15.2 Å². The van der Waals surface area contributed by atoms with Gasteiger partial charge in [0, 0.05) is 31.9 Å². The third kappa shape index (κ3) is 7.06. The van der Waals surface area contributed by atoms with E-state index in [-0.39, 0.29) is 0 Å². The van der Waals surface area contributed by atoms with Crippen molar-refractivity contribution in [3.63, 3.8) is 0 Å². The van der Waals surface area contributed by atoms with Gasteiger partial charge in [-0.05, 0) is 62.0 Å². The number of pyridine rings is 1. The van der Waals surface area contributed by atoms with Gasteiger partial charge in [0.2, 0.25) is 0 Å². The number of rotatable bonds is 8. The van der Waals surface area contributed by atoms with Crippen LogP contribution in [0, 0.1) is 6.92 Å². The first kappa shape index (κ1) is 21.5. The molecule has 1 atom stereocenters. The normalized spacial score (nSPS) is 15.8. The second-order valence-corrected chi connectivity index (χ2v) is 7.11. The van der Waals surface area contributed by atoms with Crippen molar-refractivity contribution in [3.8, 4) is 0 Å². The topological polar surface area (TPSA) is 54.2 Å². The average Bonchev–Trinajstić information content (AvgIpc) is 2.71. The summed E-state index contributed by atoms with van der Waals surface area (Å²) in [6, 6.07) is 13.6. The van der Waals surface area contributed by atoms with Crippen molar-refractivity contribution >= 4 is 0 Å². The second kappa shape index (κ2) is 11.9. The van der Waals surface area contributed by atoms with Crippen LogP contribution >= 0.6 is 0 Å². The summed E-state index contributed by atoms with van der Waals surface area (Å²) < 4.78 is 0.